The summed E-state index contributed by atoms with van der Waals surface area (Å²) in [5.74, 6) is 0. The molecule has 0 spiro atoms. The zero-order chi connectivity index (χ0) is 22.1. The molecule has 0 bridgehead atoms. The number of hydrogen-bond acceptors (Lipinski definition) is 5. The highest BCUT2D eigenvalue weighted by Crippen LogP contribution is 2.35. The van der Waals surface area contributed by atoms with Gasteiger partial charge in [0.05, 0.1) is 31.6 Å². The van der Waals surface area contributed by atoms with Crippen molar-refractivity contribution in [1.82, 2.24) is 13.5 Å². The molecule has 1 aliphatic heterocycles. The van der Waals surface area contributed by atoms with Crippen LogP contribution in [0.3, 0.4) is 0 Å². The maximum absolute atomic E-state index is 12.9. The largest absolute Gasteiger partial charge is 0.378 e. The Hall–Kier alpha value is -2.01. The number of halogens is 2. The summed E-state index contributed by atoms with van der Waals surface area (Å²) >= 11 is 8.34. The summed E-state index contributed by atoms with van der Waals surface area (Å²) in [5, 5.41) is 1.70. The number of ether oxygens (including phenoxy) is 1. The molecule has 1 aromatic carbocycles. The van der Waals surface area contributed by atoms with Gasteiger partial charge < -0.3 is 14.2 Å². The van der Waals surface area contributed by atoms with Gasteiger partial charge in [0, 0.05) is 77.8 Å². The van der Waals surface area contributed by atoms with Crippen molar-refractivity contribution in [2.24, 2.45) is 0 Å². The van der Waals surface area contributed by atoms with Crippen molar-refractivity contribution < 1.29 is 4.74 Å². The molecule has 0 atom stereocenters. The average molecular weight is 579 g/mol. The molecule has 4 heterocycles. The molecule has 9 heteroatoms. The van der Waals surface area contributed by atoms with Crippen LogP contribution in [-0.4, -0.2) is 39.8 Å². The first-order chi connectivity index (χ1) is 15.6. The maximum atomic E-state index is 12.9. The molecule has 164 valence electrons. The predicted octanol–water partition coefficient (Wildman–Crippen LogP) is 5.25. The van der Waals surface area contributed by atoms with Gasteiger partial charge in [0.1, 0.15) is 0 Å². The van der Waals surface area contributed by atoms with Crippen molar-refractivity contribution in [2.75, 3.05) is 31.2 Å². The highest BCUT2D eigenvalue weighted by molar-refractivity contribution is 14.2. The summed E-state index contributed by atoms with van der Waals surface area (Å²) in [6.45, 7) is 3.63. The van der Waals surface area contributed by atoms with Crippen molar-refractivity contribution in [2.45, 2.75) is 6.54 Å². The van der Waals surface area contributed by atoms with Crippen LogP contribution in [0, 0.1) is 0 Å². The summed E-state index contributed by atoms with van der Waals surface area (Å²) in [5.41, 5.74) is 4.78. The van der Waals surface area contributed by atoms with Gasteiger partial charge in [-0.05, 0) is 35.4 Å². The van der Waals surface area contributed by atoms with Crippen LogP contribution in [0.2, 0.25) is 5.02 Å². The number of aromatic nitrogens is 3. The van der Waals surface area contributed by atoms with Crippen LogP contribution >= 0.6 is 41.9 Å². The average Bonchev–Trinajstić information content (AvgIpc) is 3.19. The molecule has 0 radical (unpaired) electrons. The van der Waals surface area contributed by atoms with Crippen molar-refractivity contribution in [1.29, 1.82) is 0 Å². The van der Waals surface area contributed by atoms with Gasteiger partial charge in [-0.3, -0.25) is 8.77 Å². The van der Waals surface area contributed by atoms with Crippen LogP contribution in [0.15, 0.2) is 65.8 Å². The zero-order valence-electron chi connectivity index (χ0n) is 17.1. The lowest BCUT2D eigenvalue weighted by molar-refractivity contribution is 0.122. The highest BCUT2D eigenvalue weighted by Gasteiger charge is 2.17. The maximum Gasteiger partial charge on any atom is 0.251 e. The Labute approximate surface area is 206 Å². The summed E-state index contributed by atoms with van der Waals surface area (Å²) in [7, 11) is 1.56. The normalized spacial score (nSPS) is 14.2. The van der Waals surface area contributed by atoms with Crippen LogP contribution in [0.4, 0.5) is 5.69 Å². The number of rotatable bonds is 5. The summed E-state index contributed by atoms with van der Waals surface area (Å²) in [6.07, 6.45) is 5.82. The molecule has 3 aromatic heterocycles. The molecule has 0 amide bonds. The molecule has 1 fully saturated rings. The van der Waals surface area contributed by atoms with Gasteiger partial charge in [-0.1, -0.05) is 23.7 Å². The molecular formula is C23H20ClIN4O2S. The standard InChI is InChI=1S/C23H20ClIN4O2S/c24-18-3-1-2-16(10-18)14-28-5-4-17(11-22(28)30)21-15-29(32-25)23-20(21)12-19(13-26-23)27-6-8-31-9-7-27/h1-5,10-13,15H,6-9,14H2. The van der Waals surface area contributed by atoms with Gasteiger partial charge in [0.15, 0.2) is 5.65 Å². The molecule has 1 saturated heterocycles. The molecule has 0 aliphatic carbocycles. The lowest BCUT2D eigenvalue weighted by Gasteiger charge is -2.28. The SMILES string of the molecule is O=c1cc(-c2cn(SI)c3ncc(N4CCOCC4)cc23)ccn1Cc1cccc(Cl)c1. The highest BCUT2D eigenvalue weighted by atomic mass is 127. The second-order valence-corrected chi connectivity index (χ2v) is 9.76. The molecule has 1 aliphatic rings. The van der Waals surface area contributed by atoms with E-state index in [9.17, 15) is 4.79 Å². The minimum atomic E-state index is -0.0530. The van der Waals surface area contributed by atoms with Gasteiger partial charge in [0.2, 0.25) is 0 Å². The van der Waals surface area contributed by atoms with Gasteiger partial charge in [-0.15, -0.1) is 0 Å². The Kier molecular flexibility index (Phi) is 6.45. The third kappa shape index (κ3) is 4.41. The molecule has 0 N–H and O–H groups in total. The molecule has 32 heavy (non-hydrogen) atoms. The molecule has 0 unspecified atom stereocenters. The Morgan fingerprint density at radius 1 is 1.16 bits per heavy atom. The van der Waals surface area contributed by atoms with Gasteiger partial charge >= 0.3 is 0 Å². The number of pyridine rings is 2. The van der Waals surface area contributed by atoms with E-state index in [-0.39, 0.29) is 5.56 Å². The lowest BCUT2D eigenvalue weighted by atomic mass is 10.1. The smallest absolute Gasteiger partial charge is 0.251 e. The minimum Gasteiger partial charge on any atom is -0.378 e. The Bertz CT molecular complexity index is 1330. The Balaban J connectivity index is 1.53. The summed E-state index contributed by atoms with van der Waals surface area (Å²) < 4.78 is 9.21. The molecule has 4 aromatic rings. The quantitative estimate of drug-likeness (QED) is 0.303. The molecule has 5 rings (SSSR count). The Morgan fingerprint density at radius 2 is 2.00 bits per heavy atom. The Morgan fingerprint density at radius 3 is 2.75 bits per heavy atom. The first-order valence-electron chi connectivity index (χ1n) is 10.2. The topological polar surface area (TPSA) is 52.3 Å². The van der Waals surface area contributed by atoms with Crippen LogP contribution in [0.1, 0.15) is 5.56 Å². The van der Waals surface area contributed by atoms with Crippen LogP contribution in [0.25, 0.3) is 22.2 Å². The van der Waals surface area contributed by atoms with E-state index in [2.05, 4.69) is 32.2 Å². The van der Waals surface area contributed by atoms with E-state index in [0.717, 1.165) is 59.7 Å². The summed E-state index contributed by atoms with van der Waals surface area (Å²) in [4.78, 5) is 19.9. The van der Waals surface area contributed by atoms with E-state index in [4.69, 9.17) is 21.3 Å². The molecule has 6 nitrogen and oxygen atoms in total. The second-order valence-electron chi connectivity index (χ2n) is 7.61. The molecule has 0 saturated carbocycles. The zero-order valence-corrected chi connectivity index (χ0v) is 20.8. The lowest BCUT2D eigenvalue weighted by Crippen LogP contribution is -2.36. The van der Waals surface area contributed by atoms with Gasteiger partial charge in [-0.25, -0.2) is 4.98 Å². The second kappa shape index (κ2) is 9.46. The van der Waals surface area contributed by atoms with Crippen molar-refractivity contribution >= 4 is 58.6 Å². The van der Waals surface area contributed by atoms with E-state index < -0.39 is 0 Å². The van der Waals surface area contributed by atoms with Crippen molar-refractivity contribution in [3.05, 3.63) is 82.0 Å². The predicted molar refractivity (Wildman–Crippen MR) is 140 cm³/mol. The third-order valence-corrected chi connectivity index (χ3v) is 7.53. The monoisotopic (exact) mass is 578 g/mol. The number of anilines is 1. The van der Waals surface area contributed by atoms with Gasteiger partial charge in [0.25, 0.3) is 5.56 Å². The summed E-state index contributed by atoms with van der Waals surface area (Å²) in [6, 6.07) is 13.4. The minimum absolute atomic E-state index is 0.0530. The van der Waals surface area contributed by atoms with E-state index in [1.807, 2.05) is 52.9 Å². The third-order valence-electron chi connectivity index (χ3n) is 5.60. The first-order valence-corrected chi connectivity index (χ1v) is 13.9. The first kappa shape index (κ1) is 21.8. The number of benzene rings is 1. The van der Waals surface area contributed by atoms with Gasteiger partial charge in [-0.2, -0.15) is 0 Å². The molecular weight excluding hydrogens is 559 g/mol. The number of nitrogens with zero attached hydrogens (tertiary/aromatic N) is 4. The fourth-order valence-corrected chi connectivity index (χ4v) is 5.45. The number of hydrogen-bond donors (Lipinski definition) is 0. The van der Waals surface area contributed by atoms with Crippen LogP contribution < -0.4 is 10.5 Å². The van der Waals surface area contributed by atoms with Crippen LogP contribution in [-0.2, 0) is 11.3 Å². The fourth-order valence-electron chi connectivity index (χ4n) is 3.98. The van der Waals surface area contributed by atoms with Crippen molar-refractivity contribution in [3.63, 3.8) is 0 Å². The van der Waals surface area contributed by atoms with Crippen molar-refractivity contribution in [3.8, 4) is 11.1 Å². The van der Waals surface area contributed by atoms with E-state index in [1.165, 1.54) is 0 Å². The fraction of sp³-hybridized carbons (Fsp3) is 0.217. The van der Waals surface area contributed by atoms with E-state index >= 15 is 0 Å². The van der Waals surface area contributed by atoms with E-state index in [0.29, 0.717) is 11.6 Å². The number of fused-ring (bicyclic) bond motifs is 1. The van der Waals surface area contributed by atoms with E-state index in [1.54, 1.807) is 19.8 Å². The van der Waals surface area contributed by atoms with Crippen LogP contribution in [0.5, 0.6) is 0 Å². The number of morpholine rings is 1.